The van der Waals surface area contributed by atoms with Crippen molar-refractivity contribution in [2.45, 2.75) is 26.4 Å². The minimum Gasteiger partial charge on any atom is -0.484 e. The van der Waals surface area contributed by atoms with Crippen LogP contribution in [-0.4, -0.2) is 37.1 Å². The van der Waals surface area contributed by atoms with Gasteiger partial charge in [-0.2, -0.15) is 0 Å². The number of carbonyl (C=O) groups excluding carboxylic acids is 3. The van der Waals surface area contributed by atoms with E-state index in [1.165, 1.54) is 6.92 Å². The highest BCUT2D eigenvalue weighted by molar-refractivity contribution is 9.10. The molecule has 0 aromatic heterocycles. The van der Waals surface area contributed by atoms with Crippen LogP contribution in [0.2, 0.25) is 5.02 Å². The summed E-state index contributed by atoms with van der Waals surface area (Å²) in [6, 6.07) is 11.1. The SMILES string of the molecule is CCCOC(=O)c1ccc(OCC(=O)NNC(=O)C(C)Oc2ccc(Cl)cc2Br)cc1. The number of esters is 1. The van der Waals surface area contributed by atoms with Gasteiger partial charge in [0.25, 0.3) is 11.8 Å². The van der Waals surface area contributed by atoms with Crippen LogP contribution in [0.5, 0.6) is 11.5 Å². The van der Waals surface area contributed by atoms with E-state index in [9.17, 15) is 14.4 Å². The highest BCUT2D eigenvalue weighted by Gasteiger charge is 2.17. The van der Waals surface area contributed by atoms with Crippen LogP contribution in [0.3, 0.4) is 0 Å². The molecule has 2 aromatic rings. The number of hydrazine groups is 1. The molecule has 0 saturated heterocycles. The topological polar surface area (TPSA) is 103 Å². The molecule has 0 radical (unpaired) electrons. The van der Waals surface area contributed by atoms with Gasteiger partial charge in [-0.3, -0.25) is 20.4 Å². The molecule has 0 aliphatic heterocycles. The van der Waals surface area contributed by atoms with Crippen molar-refractivity contribution >= 4 is 45.3 Å². The van der Waals surface area contributed by atoms with E-state index < -0.39 is 23.9 Å². The summed E-state index contributed by atoms with van der Waals surface area (Å²) >= 11 is 9.17. The van der Waals surface area contributed by atoms with Gasteiger partial charge >= 0.3 is 5.97 Å². The molecule has 2 rings (SSSR count). The number of ether oxygens (including phenoxy) is 3. The van der Waals surface area contributed by atoms with Crippen LogP contribution in [0.25, 0.3) is 0 Å². The molecule has 0 spiro atoms. The molecule has 0 fully saturated rings. The average Bonchev–Trinajstić information content (AvgIpc) is 2.76. The molecule has 0 aliphatic rings. The number of benzene rings is 2. The van der Waals surface area contributed by atoms with Gasteiger partial charge in [-0.25, -0.2) is 4.79 Å². The second kappa shape index (κ2) is 12.2. The van der Waals surface area contributed by atoms with Crippen molar-refractivity contribution in [1.82, 2.24) is 10.9 Å². The van der Waals surface area contributed by atoms with Gasteiger partial charge in [-0.1, -0.05) is 18.5 Å². The number of hydrogen-bond donors (Lipinski definition) is 2. The van der Waals surface area contributed by atoms with E-state index in [0.717, 1.165) is 6.42 Å². The van der Waals surface area contributed by atoms with Crippen LogP contribution in [0, 0.1) is 0 Å². The molecule has 2 amide bonds. The fraction of sp³-hybridized carbons (Fsp3) is 0.286. The molecule has 2 N–H and O–H groups in total. The Morgan fingerprint density at radius 1 is 1.10 bits per heavy atom. The van der Waals surface area contributed by atoms with Gasteiger partial charge in [0.1, 0.15) is 11.5 Å². The third-order valence-electron chi connectivity index (χ3n) is 3.79. The van der Waals surface area contributed by atoms with Crippen LogP contribution in [0.1, 0.15) is 30.6 Å². The molecule has 31 heavy (non-hydrogen) atoms. The molecular formula is C21H22BrClN2O6. The molecule has 0 aliphatic carbocycles. The molecule has 1 atom stereocenters. The summed E-state index contributed by atoms with van der Waals surface area (Å²) in [5, 5.41) is 0.523. The van der Waals surface area contributed by atoms with E-state index >= 15 is 0 Å². The first-order chi connectivity index (χ1) is 14.8. The lowest BCUT2D eigenvalue weighted by Crippen LogP contribution is -2.48. The molecule has 8 nitrogen and oxygen atoms in total. The first-order valence-corrected chi connectivity index (χ1v) is 10.6. The van der Waals surface area contributed by atoms with Gasteiger partial charge in [-0.15, -0.1) is 0 Å². The Labute approximate surface area is 193 Å². The van der Waals surface area contributed by atoms with E-state index in [1.807, 2.05) is 6.92 Å². The van der Waals surface area contributed by atoms with Crippen LogP contribution < -0.4 is 20.3 Å². The molecule has 0 heterocycles. The zero-order chi connectivity index (χ0) is 22.8. The molecular weight excluding hydrogens is 492 g/mol. The zero-order valence-electron chi connectivity index (χ0n) is 16.9. The van der Waals surface area contributed by atoms with Crippen molar-refractivity contribution in [3.8, 4) is 11.5 Å². The number of hydrogen-bond acceptors (Lipinski definition) is 6. The van der Waals surface area contributed by atoms with Gasteiger partial charge in [0.05, 0.1) is 16.6 Å². The quantitative estimate of drug-likeness (QED) is 0.392. The highest BCUT2D eigenvalue weighted by atomic mass is 79.9. The van der Waals surface area contributed by atoms with E-state index in [-0.39, 0.29) is 6.61 Å². The molecule has 0 bridgehead atoms. The second-order valence-electron chi connectivity index (χ2n) is 6.32. The Bertz CT molecular complexity index is 923. The van der Waals surface area contributed by atoms with Crippen molar-refractivity contribution in [3.05, 3.63) is 57.5 Å². The maximum Gasteiger partial charge on any atom is 0.338 e. The number of amides is 2. The number of nitrogens with one attached hydrogen (secondary N) is 2. The van der Waals surface area contributed by atoms with Gasteiger partial charge in [0.2, 0.25) is 0 Å². The van der Waals surface area contributed by atoms with E-state index in [4.69, 9.17) is 25.8 Å². The summed E-state index contributed by atoms with van der Waals surface area (Å²) in [5.41, 5.74) is 4.90. The zero-order valence-corrected chi connectivity index (χ0v) is 19.3. The Kier molecular flexibility index (Phi) is 9.61. The summed E-state index contributed by atoms with van der Waals surface area (Å²) < 4.78 is 16.5. The van der Waals surface area contributed by atoms with E-state index in [0.29, 0.717) is 33.2 Å². The predicted octanol–water partition coefficient (Wildman–Crippen LogP) is 3.66. The van der Waals surface area contributed by atoms with Crippen molar-refractivity contribution in [3.63, 3.8) is 0 Å². The van der Waals surface area contributed by atoms with E-state index in [2.05, 4.69) is 26.8 Å². The second-order valence-corrected chi connectivity index (χ2v) is 7.61. The summed E-state index contributed by atoms with van der Waals surface area (Å²) in [5.74, 6) is -0.720. The number of rotatable bonds is 9. The minimum atomic E-state index is -0.876. The molecule has 1 unspecified atom stereocenters. The fourth-order valence-corrected chi connectivity index (χ4v) is 2.97. The van der Waals surface area contributed by atoms with Crippen LogP contribution in [0.15, 0.2) is 46.9 Å². The van der Waals surface area contributed by atoms with Gasteiger partial charge in [0, 0.05) is 5.02 Å². The van der Waals surface area contributed by atoms with Crippen molar-refractivity contribution in [1.29, 1.82) is 0 Å². The van der Waals surface area contributed by atoms with Crippen LogP contribution in [-0.2, 0) is 14.3 Å². The van der Waals surface area contributed by atoms with Gasteiger partial charge in [0.15, 0.2) is 12.7 Å². The maximum absolute atomic E-state index is 12.1. The smallest absolute Gasteiger partial charge is 0.338 e. The molecule has 0 saturated carbocycles. The Balaban J connectivity index is 1.74. The Morgan fingerprint density at radius 3 is 2.45 bits per heavy atom. The maximum atomic E-state index is 12.1. The lowest BCUT2D eigenvalue weighted by molar-refractivity contribution is -0.133. The molecule has 10 heteroatoms. The summed E-state index contributed by atoms with van der Waals surface area (Å²) in [4.78, 5) is 35.8. The van der Waals surface area contributed by atoms with Gasteiger partial charge in [-0.05, 0) is 71.7 Å². The average molecular weight is 514 g/mol. The first kappa shape index (κ1) is 24.5. The summed E-state index contributed by atoms with van der Waals surface area (Å²) in [7, 11) is 0. The Hall–Kier alpha value is -2.78. The standard InChI is InChI=1S/C21H22BrClN2O6/c1-3-10-29-21(28)14-4-7-16(8-5-14)30-12-19(26)24-25-20(27)13(2)31-18-9-6-15(23)11-17(18)22/h4-9,11,13H,3,10,12H2,1-2H3,(H,24,26)(H,25,27). The third kappa shape index (κ3) is 8.10. The Morgan fingerprint density at radius 2 is 1.81 bits per heavy atom. The van der Waals surface area contributed by atoms with Crippen molar-refractivity contribution < 1.29 is 28.6 Å². The van der Waals surface area contributed by atoms with Crippen LogP contribution in [0.4, 0.5) is 0 Å². The molecule has 166 valence electrons. The van der Waals surface area contributed by atoms with Crippen LogP contribution >= 0.6 is 27.5 Å². The highest BCUT2D eigenvalue weighted by Crippen LogP contribution is 2.28. The minimum absolute atomic E-state index is 0.335. The first-order valence-electron chi connectivity index (χ1n) is 9.40. The fourth-order valence-electron chi connectivity index (χ4n) is 2.20. The number of carbonyl (C=O) groups is 3. The van der Waals surface area contributed by atoms with E-state index in [1.54, 1.807) is 42.5 Å². The summed E-state index contributed by atoms with van der Waals surface area (Å²) in [6.07, 6.45) is -0.138. The largest absolute Gasteiger partial charge is 0.484 e. The lowest BCUT2D eigenvalue weighted by Gasteiger charge is -2.16. The van der Waals surface area contributed by atoms with Crippen molar-refractivity contribution in [2.75, 3.05) is 13.2 Å². The number of halogens is 2. The normalized spacial score (nSPS) is 11.2. The monoisotopic (exact) mass is 512 g/mol. The lowest BCUT2D eigenvalue weighted by atomic mass is 10.2. The predicted molar refractivity (Wildman–Crippen MR) is 118 cm³/mol. The van der Waals surface area contributed by atoms with Crippen molar-refractivity contribution in [2.24, 2.45) is 0 Å². The van der Waals surface area contributed by atoms with Gasteiger partial charge < -0.3 is 14.2 Å². The third-order valence-corrected chi connectivity index (χ3v) is 4.64. The summed E-state index contributed by atoms with van der Waals surface area (Å²) in [6.45, 7) is 3.46. The molecule has 2 aromatic carbocycles.